The predicted octanol–water partition coefficient (Wildman–Crippen LogP) is 3.84. The van der Waals surface area contributed by atoms with Crippen molar-refractivity contribution in [3.05, 3.63) is 89.0 Å². The van der Waals surface area contributed by atoms with Crippen LogP contribution in [0.3, 0.4) is 0 Å². The Morgan fingerprint density at radius 2 is 1.88 bits per heavy atom. The Kier molecular flexibility index (Phi) is 6.60. The van der Waals surface area contributed by atoms with Gasteiger partial charge in [-0.25, -0.2) is 0 Å². The Bertz CT molecular complexity index is 1160. The normalized spacial score (nSPS) is 12.9. The number of benzene rings is 3. The number of ether oxygens (including phenoxy) is 1. The summed E-state index contributed by atoms with van der Waals surface area (Å²) in [5.74, 6) is 6.25. The van der Waals surface area contributed by atoms with Crippen molar-refractivity contribution in [1.82, 2.24) is 4.90 Å². The average molecular weight is 446 g/mol. The molecule has 0 fully saturated rings. The summed E-state index contributed by atoms with van der Waals surface area (Å²) in [6.07, 6.45) is 0. The van der Waals surface area contributed by atoms with E-state index in [-0.39, 0.29) is 11.8 Å². The molecule has 170 valence electrons. The highest BCUT2D eigenvalue weighted by Gasteiger charge is 2.22. The van der Waals surface area contributed by atoms with E-state index in [2.05, 4.69) is 0 Å². The minimum atomic E-state index is -0.124. The molecule has 1 heterocycles. The SMILES string of the molecule is CC(=O)N(Cc1ccc2c(c1)CN(C(=O)c1cccc(ON)c1)CCO2)c1ccc(C)cc1. The van der Waals surface area contributed by atoms with Crippen molar-refractivity contribution in [2.24, 2.45) is 5.90 Å². The second kappa shape index (κ2) is 9.75. The van der Waals surface area contributed by atoms with Gasteiger partial charge in [0.15, 0.2) is 0 Å². The summed E-state index contributed by atoms with van der Waals surface area (Å²) in [5.41, 5.74) is 4.34. The number of nitrogens with zero attached hydrogens (tertiary/aromatic N) is 2. The second-order valence-corrected chi connectivity index (χ2v) is 8.10. The van der Waals surface area contributed by atoms with Gasteiger partial charge >= 0.3 is 0 Å². The quantitative estimate of drug-likeness (QED) is 0.603. The number of hydrogen-bond acceptors (Lipinski definition) is 5. The number of fused-ring (bicyclic) bond motifs is 1. The van der Waals surface area contributed by atoms with E-state index >= 15 is 0 Å². The number of rotatable bonds is 5. The summed E-state index contributed by atoms with van der Waals surface area (Å²) in [5, 5.41) is 0. The highest BCUT2D eigenvalue weighted by molar-refractivity contribution is 5.94. The maximum atomic E-state index is 13.1. The molecule has 1 aliphatic heterocycles. The summed E-state index contributed by atoms with van der Waals surface area (Å²) in [4.78, 5) is 33.7. The molecule has 0 atom stereocenters. The van der Waals surface area contributed by atoms with Crippen LogP contribution in [-0.4, -0.2) is 29.9 Å². The fourth-order valence-electron chi connectivity index (χ4n) is 3.90. The Morgan fingerprint density at radius 3 is 2.61 bits per heavy atom. The standard InChI is InChI=1S/C26H27N3O4/c1-18-6-9-23(10-7-18)29(19(2)30)16-20-8-11-25-22(14-20)17-28(12-13-32-25)26(31)21-4-3-5-24(15-21)33-27/h3-11,14-15H,12-13,16-17,27H2,1-2H3. The van der Waals surface area contributed by atoms with Crippen LogP contribution in [0.15, 0.2) is 66.7 Å². The average Bonchev–Trinajstić information content (AvgIpc) is 3.04. The van der Waals surface area contributed by atoms with Crippen LogP contribution in [0.25, 0.3) is 0 Å². The van der Waals surface area contributed by atoms with Gasteiger partial charge in [-0.1, -0.05) is 29.8 Å². The Labute approximate surface area is 193 Å². The number of amides is 2. The van der Waals surface area contributed by atoms with Gasteiger partial charge in [-0.05, 0) is 55.0 Å². The summed E-state index contributed by atoms with van der Waals surface area (Å²) in [6, 6.07) is 20.5. The largest absolute Gasteiger partial charge is 0.491 e. The zero-order chi connectivity index (χ0) is 23.4. The highest BCUT2D eigenvalue weighted by atomic mass is 16.6. The van der Waals surface area contributed by atoms with E-state index in [0.29, 0.717) is 37.6 Å². The lowest BCUT2D eigenvalue weighted by molar-refractivity contribution is -0.116. The molecule has 0 aliphatic carbocycles. The van der Waals surface area contributed by atoms with Crippen LogP contribution in [0, 0.1) is 6.92 Å². The van der Waals surface area contributed by atoms with E-state index in [1.165, 1.54) is 0 Å². The summed E-state index contributed by atoms with van der Waals surface area (Å²) in [6.45, 7) is 5.26. The Morgan fingerprint density at radius 1 is 1.09 bits per heavy atom. The number of carbonyl (C=O) groups is 2. The Balaban J connectivity index is 1.56. The monoisotopic (exact) mass is 445 g/mol. The van der Waals surface area contributed by atoms with E-state index < -0.39 is 0 Å². The molecule has 3 aromatic rings. The fourth-order valence-corrected chi connectivity index (χ4v) is 3.90. The lowest BCUT2D eigenvalue weighted by Crippen LogP contribution is -2.32. The Hall–Kier alpha value is -3.84. The van der Waals surface area contributed by atoms with Crippen LogP contribution in [0.1, 0.15) is 34.0 Å². The van der Waals surface area contributed by atoms with Crippen molar-refractivity contribution < 1.29 is 19.2 Å². The molecule has 0 saturated carbocycles. The van der Waals surface area contributed by atoms with E-state index in [9.17, 15) is 9.59 Å². The van der Waals surface area contributed by atoms with Gasteiger partial charge in [-0.3, -0.25) is 9.59 Å². The third kappa shape index (κ3) is 5.15. The van der Waals surface area contributed by atoms with Gasteiger partial charge < -0.3 is 19.4 Å². The van der Waals surface area contributed by atoms with Crippen molar-refractivity contribution in [2.45, 2.75) is 26.9 Å². The first kappa shape index (κ1) is 22.4. The first-order valence-corrected chi connectivity index (χ1v) is 10.8. The van der Waals surface area contributed by atoms with E-state index in [1.807, 2.05) is 49.4 Å². The van der Waals surface area contributed by atoms with Crippen LogP contribution >= 0.6 is 0 Å². The first-order valence-electron chi connectivity index (χ1n) is 10.8. The molecule has 3 aromatic carbocycles. The second-order valence-electron chi connectivity index (χ2n) is 8.10. The van der Waals surface area contributed by atoms with Crippen molar-refractivity contribution in [2.75, 3.05) is 18.1 Å². The zero-order valence-corrected chi connectivity index (χ0v) is 18.8. The van der Waals surface area contributed by atoms with Crippen molar-refractivity contribution in [3.63, 3.8) is 0 Å². The molecule has 0 spiro atoms. The van der Waals surface area contributed by atoms with Crippen molar-refractivity contribution in [3.8, 4) is 11.5 Å². The number of aryl methyl sites for hydroxylation is 1. The molecule has 2 N–H and O–H groups in total. The molecule has 4 rings (SSSR count). The number of hydrogen-bond donors (Lipinski definition) is 1. The first-order chi connectivity index (χ1) is 15.9. The van der Waals surface area contributed by atoms with Gasteiger partial charge in [0, 0.05) is 30.3 Å². The summed E-state index contributed by atoms with van der Waals surface area (Å²) in [7, 11) is 0. The molecule has 0 saturated heterocycles. The predicted molar refractivity (Wildman–Crippen MR) is 126 cm³/mol. The molecular formula is C26H27N3O4. The minimum absolute atomic E-state index is 0.0381. The molecule has 0 aromatic heterocycles. The molecule has 33 heavy (non-hydrogen) atoms. The zero-order valence-electron chi connectivity index (χ0n) is 18.8. The lowest BCUT2D eigenvalue weighted by atomic mass is 10.1. The molecule has 2 amide bonds. The third-order valence-corrected chi connectivity index (χ3v) is 5.68. The number of nitrogens with two attached hydrogens (primary N) is 1. The van der Waals surface area contributed by atoms with E-state index in [1.54, 1.807) is 41.0 Å². The van der Waals surface area contributed by atoms with Gasteiger partial charge in [0.05, 0.1) is 13.1 Å². The van der Waals surface area contributed by atoms with Crippen LogP contribution < -0.4 is 20.4 Å². The van der Waals surface area contributed by atoms with Crippen LogP contribution in [-0.2, 0) is 17.9 Å². The van der Waals surface area contributed by atoms with Crippen LogP contribution in [0.4, 0.5) is 5.69 Å². The maximum Gasteiger partial charge on any atom is 0.254 e. The number of anilines is 1. The van der Waals surface area contributed by atoms with Crippen LogP contribution in [0.2, 0.25) is 0 Å². The number of carbonyl (C=O) groups excluding carboxylic acids is 2. The van der Waals surface area contributed by atoms with Crippen molar-refractivity contribution in [1.29, 1.82) is 0 Å². The van der Waals surface area contributed by atoms with E-state index in [4.69, 9.17) is 15.5 Å². The molecule has 0 unspecified atom stereocenters. The molecule has 1 aliphatic rings. The van der Waals surface area contributed by atoms with Gasteiger partial charge in [0.25, 0.3) is 5.91 Å². The smallest absolute Gasteiger partial charge is 0.254 e. The van der Waals surface area contributed by atoms with Gasteiger partial charge in [0.2, 0.25) is 5.91 Å². The van der Waals surface area contributed by atoms with Gasteiger partial charge in [-0.2, -0.15) is 5.90 Å². The molecule has 7 heteroatoms. The lowest BCUT2D eigenvalue weighted by Gasteiger charge is -2.23. The summed E-state index contributed by atoms with van der Waals surface area (Å²) >= 11 is 0. The van der Waals surface area contributed by atoms with Gasteiger partial charge in [-0.15, -0.1) is 0 Å². The topological polar surface area (TPSA) is 85.1 Å². The van der Waals surface area contributed by atoms with Crippen LogP contribution in [0.5, 0.6) is 11.5 Å². The third-order valence-electron chi connectivity index (χ3n) is 5.68. The van der Waals surface area contributed by atoms with E-state index in [0.717, 1.165) is 28.1 Å². The maximum absolute atomic E-state index is 13.1. The highest BCUT2D eigenvalue weighted by Crippen LogP contribution is 2.27. The minimum Gasteiger partial charge on any atom is -0.491 e. The summed E-state index contributed by atoms with van der Waals surface area (Å²) < 4.78 is 5.90. The molecule has 7 nitrogen and oxygen atoms in total. The van der Waals surface area contributed by atoms with Crippen molar-refractivity contribution >= 4 is 17.5 Å². The fraction of sp³-hybridized carbons (Fsp3) is 0.231. The van der Waals surface area contributed by atoms with Gasteiger partial charge in [0.1, 0.15) is 18.1 Å². The molecule has 0 radical (unpaired) electrons. The molecular weight excluding hydrogens is 418 g/mol. The molecule has 0 bridgehead atoms.